The molecule has 0 aliphatic heterocycles. The molecule has 0 spiro atoms. The largest absolute Gasteiger partial charge is 0.465 e. The summed E-state index contributed by atoms with van der Waals surface area (Å²) in [6.45, 7) is 3.87. The van der Waals surface area contributed by atoms with Crippen molar-refractivity contribution in [3.05, 3.63) is 87.2 Å². The van der Waals surface area contributed by atoms with Gasteiger partial charge in [-0.25, -0.2) is 14.3 Å². The zero-order valence-electron chi connectivity index (χ0n) is 18.0. The van der Waals surface area contributed by atoms with Gasteiger partial charge in [0.05, 0.1) is 19.2 Å². The molecule has 1 aromatic carbocycles. The number of aryl methyl sites for hydroxylation is 1. The number of hydrogen-bond donors (Lipinski definition) is 2. The summed E-state index contributed by atoms with van der Waals surface area (Å²) in [7, 11) is 1.31. The van der Waals surface area contributed by atoms with Gasteiger partial charge in [-0.05, 0) is 48.7 Å². The number of aromatic amines is 1. The number of aromatic nitrogens is 4. The highest BCUT2D eigenvalue weighted by Crippen LogP contribution is 2.22. The van der Waals surface area contributed by atoms with Crippen LogP contribution in [0, 0.1) is 6.92 Å². The molecule has 9 heteroatoms. The predicted octanol–water partition coefficient (Wildman–Crippen LogP) is 2.78. The number of methoxy groups -OCH3 is 1. The molecule has 0 radical (unpaired) electrons. The highest BCUT2D eigenvalue weighted by atomic mass is 16.5. The van der Waals surface area contributed by atoms with Crippen LogP contribution in [0.3, 0.4) is 0 Å². The van der Waals surface area contributed by atoms with Gasteiger partial charge in [0.1, 0.15) is 5.69 Å². The van der Waals surface area contributed by atoms with Crippen LogP contribution in [-0.4, -0.2) is 38.2 Å². The van der Waals surface area contributed by atoms with Crippen LogP contribution in [0.2, 0.25) is 0 Å². The van der Waals surface area contributed by atoms with Crippen LogP contribution in [-0.2, 0) is 17.7 Å². The molecule has 32 heavy (non-hydrogen) atoms. The minimum absolute atomic E-state index is 0.237. The van der Waals surface area contributed by atoms with Crippen LogP contribution in [0.4, 0.5) is 5.69 Å². The van der Waals surface area contributed by atoms with E-state index in [1.54, 1.807) is 43.5 Å². The van der Waals surface area contributed by atoms with E-state index in [0.717, 1.165) is 5.56 Å². The summed E-state index contributed by atoms with van der Waals surface area (Å²) in [5, 5.41) is 7.19. The van der Waals surface area contributed by atoms with Crippen LogP contribution < -0.4 is 11.0 Å². The van der Waals surface area contributed by atoms with E-state index >= 15 is 0 Å². The first-order valence-electron chi connectivity index (χ1n) is 10.2. The summed E-state index contributed by atoms with van der Waals surface area (Å²) in [5.74, 6) is -0.844. The molecule has 0 fully saturated rings. The van der Waals surface area contributed by atoms with Gasteiger partial charge in [-0.2, -0.15) is 0 Å². The highest BCUT2D eigenvalue weighted by Gasteiger charge is 2.23. The van der Waals surface area contributed by atoms with E-state index in [4.69, 9.17) is 4.74 Å². The number of carbonyl (C=O) groups is 2. The number of amides is 1. The van der Waals surface area contributed by atoms with Gasteiger partial charge in [0, 0.05) is 17.6 Å². The van der Waals surface area contributed by atoms with E-state index in [0.29, 0.717) is 40.3 Å². The first kappa shape index (κ1) is 21.1. The zero-order chi connectivity index (χ0) is 22.8. The van der Waals surface area contributed by atoms with Gasteiger partial charge in [-0.3, -0.25) is 9.20 Å². The Balaban J connectivity index is 1.57. The average Bonchev–Trinajstić information content (AvgIpc) is 3.30. The maximum absolute atomic E-state index is 12.9. The molecule has 3 aromatic heterocycles. The standard InChI is InChI=1S/C23H23N5O4/c1-4-17-19(22(30)32-3)14(2)20(25-17)21(29)24-16-9-7-8-15(12-16)13-28-23(31)27-11-6-5-10-18(27)26-28/h5-12,25H,4,13H2,1-3H3,(H,24,29). The minimum Gasteiger partial charge on any atom is -0.465 e. The van der Waals surface area contributed by atoms with Crippen LogP contribution >= 0.6 is 0 Å². The average molecular weight is 433 g/mol. The first-order valence-corrected chi connectivity index (χ1v) is 10.2. The lowest BCUT2D eigenvalue weighted by Crippen LogP contribution is -2.21. The molecular weight excluding hydrogens is 410 g/mol. The maximum Gasteiger partial charge on any atom is 0.350 e. The van der Waals surface area contributed by atoms with Crippen molar-refractivity contribution in [2.45, 2.75) is 26.8 Å². The molecule has 164 valence electrons. The summed E-state index contributed by atoms with van der Waals surface area (Å²) < 4.78 is 7.70. The number of rotatable bonds is 6. The molecule has 0 bridgehead atoms. The van der Waals surface area contributed by atoms with Crippen molar-refractivity contribution in [1.82, 2.24) is 19.2 Å². The number of carbonyl (C=O) groups excluding carboxylic acids is 2. The number of pyridine rings is 1. The molecule has 2 N–H and O–H groups in total. The smallest absolute Gasteiger partial charge is 0.350 e. The number of nitrogens with one attached hydrogen (secondary N) is 2. The van der Waals surface area contributed by atoms with Crippen LogP contribution in [0.15, 0.2) is 53.5 Å². The summed E-state index contributed by atoms with van der Waals surface area (Å²) >= 11 is 0. The summed E-state index contributed by atoms with van der Waals surface area (Å²) in [5.41, 5.74) is 3.59. The van der Waals surface area contributed by atoms with Gasteiger partial charge in [-0.15, -0.1) is 5.10 Å². The van der Waals surface area contributed by atoms with Crippen molar-refractivity contribution in [3.8, 4) is 0 Å². The van der Waals surface area contributed by atoms with E-state index in [1.165, 1.54) is 16.2 Å². The fourth-order valence-electron chi connectivity index (χ4n) is 3.71. The Morgan fingerprint density at radius 3 is 2.72 bits per heavy atom. The monoisotopic (exact) mass is 433 g/mol. The number of esters is 1. The van der Waals surface area contributed by atoms with Gasteiger partial charge < -0.3 is 15.0 Å². The molecule has 9 nitrogen and oxygen atoms in total. The molecule has 0 aliphatic carbocycles. The van der Waals surface area contributed by atoms with E-state index in [9.17, 15) is 14.4 Å². The van der Waals surface area contributed by atoms with Crippen molar-refractivity contribution in [2.75, 3.05) is 12.4 Å². The quantitative estimate of drug-likeness (QED) is 0.454. The lowest BCUT2D eigenvalue weighted by atomic mass is 10.1. The van der Waals surface area contributed by atoms with Crippen LogP contribution in [0.25, 0.3) is 5.65 Å². The molecule has 0 saturated heterocycles. The molecule has 0 unspecified atom stereocenters. The predicted molar refractivity (Wildman–Crippen MR) is 119 cm³/mol. The second-order valence-corrected chi connectivity index (χ2v) is 7.35. The molecule has 4 rings (SSSR count). The lowest BCUT2D eigenvalue weighted by Gasteiger charge is -2.07. The van der Waals surface area contributed by atoms with Gasteiger partial charge in [0.2, 0.25) is 0 Å². The van der Waals surface area contributed by atoms with Crippen molar-refractivity contribution in [2.24, 2.45) is 0 Å². The van der Waals surface area contributed by atoms with Gasteiger partial charge >= 0.3 is 11.7 Å². The molecule has 0 saturated carbocycles. The highest BCUT2D eigenvalue weighted by molar-refractivity contribution is 6.06. The van der Waals surface area contributed by atoms with Crippen molar-refractivity contribution < 1.29 is 14.3 Å². The first-order chi connectivity index (χ1) is 15.4. The normalized spacial score (nSPS) is 11.0. The molecule has 1 amide bonds. The van der Waals surface area contributed by atoms with Gasteiger partial charge in [0.25, 0.3) is 5.91 Å². The minimum atomic E-state index is -0.477. The Bertz CT molecular complexity index is 1380. The SMILES string of the molecule is CCc1[nH]c(C(=O)Nc2cccc(Cn3nc4ccccn4c3=O)c2)c(C)c1C(=O)OC. The van der Waals surface area contributed by atoms with E-state index in [2.05, 4.69) is 15.4 Å². The Labute approximate surface area is 183 Å². The number of benzene rings is 1. The summed E-state index contributed by atoms with van der Waals surface area (Å²) in [6.07, 6.45) is 2.23. The number of ether oxygens (including phenoxy) is 1. The van der Waals surface area contributed by atoms with E-state index in [1.807, 2.05) is 19.1 Å². The van der Waals surface area contributed by atoms with Gasteiger partial charge in [-0.1, -0.05) is 25.1 Å². The van der Waals surface area contributed by atoms with Crippen molar-refractivity contribution in [1.29, 1.82) is 0 Å². The van der Waals surface area contributed by atoms with Crippen LogP contribution in [0.5, 0.6) is 0 Å². The van der Waals surface area contributed by atoms with Gasteiger partial charge in [0.15, 0.2) is 5.65 Å². The third-order valence-corrected chi connectivity index (χ3v) is 5.30. The van der Waals surface area contributed by atoms with Crippen LogP contribution in [0.1, 0.15) is 44.6 Å². The second kappa shape index (κ2) is 8.54. The fraction of sp³-hybridized carbons (Fsp3) is 0.217. The molecule has 4 aromatic rings. The number of anilines is 1. The summed E-state index contributed by atoms with van der Waals surface area (Å²) in [6, 6.07) is 12.6. The second-order valence-electron chi connectivity index (χ2n) is 7.35. The third-order valence-electron chi connectivity index (χ3n) is 5.30. The Morgan fingerprint density at radius 2 is 2.00 bits per heavy atom. The number of fused-ring (bicyclic) bond motifs is 1. The van der Waals surface area contributed by atoms with Crippen molar-refractivity contribution >= 4 is 23.2 Å². The van der Waals surface area contributed by atoms with E-state index in [-0.39, 0.29) is 18.1 Å². The molecule has 0 aliphatic rings. The number of H-pyrrole nitrogens is 1. The van der Waals surface area contributed by atoms with Crippen molar-refractivity contribution in [3.63, 3.8) is 0 Å². The Kier molecular flexibility index (Phi) is 5.63. The summed E-state index contributed by atoms with van der Waals surface area (Å²) in [4.78, 5) is 40.6. The fourth-order valence-corrected chi connectivity index (χ4v) is 3.71. The number of hydrogen-bond acceptors (Lipinski definition) is 5. The maximum atomic E-state index is 12.9. The third kappa shape index (κ3) is 3.80. The lowest BCUT2D eigenvalue weighted by molar-refractivity contribution is 0.0599. The molecule has 0 atom stereocenters. The molecule has 3 heterocycles. The Morgan fingerprint density at radius 1 is 1.19 bits per heavy atom. The number of nitrogens with zero attached hydrogens (tertiary/aromatic N) is 3. The Hall–Kier alpha value is -4.14. The van der Waals surface area contributed by atoms with E-state index < -0.39 is 5.97 Å². The molecular formula is C23H23N5O4. The zero-order valence-corrected chi connectivity index (χ0v) is 18.0. The topological polar surface area (TPSA) is 110 Å².